The molecule has 0 aromatic heterocycles. The number of anilines is 2. The lowest BCUT2D eigenvalue weighted by Gasteiger charge is -2.28. The summed E-state index contributed by atoms with van der Waals surface area (Å²) in [4.78, 5) is 13.2. The third-order valence-corrected chi connectivity index (χ3v) is 4.45. The van der Waals surface area contributed by atoms with E-state index in [2.05, 4.69) is 24.4 Å². The lowest BCUT2D eigenvalue weighted by atomic mass is 10.1. The van der Waals surface area contributed by atoms with Gasteiger partial charge in [0, 0.05) is 31.4 Å². The number of ether oxygens (including phenoxy) is 1. The van der Waals surface area contributed by atoms with E-state index in [9.17, 15) is 10.1 Å². The zero-order valence-electron chi connectivity index (χ0n) is 14.4. The van der Waals surface area contributed by atoms with Crippen LogP contribution in [0.2, 0.25) is 0 Å². The number of hydrogen-bond donors (Lipinski definition) is 1. The van der Waals surface area contributed by atoms with Gasteiger partial charge >= 0.3 is 0 Å². The maximum Gasteiger partial charge on any atom is 0.292 e. The van der Waals surface area contributed by atoms with Gasteiger partial charge in [0.25, 0.3) is 5.69 Å². The van der Waals surface area contributed by atoms with Gasteiger partial charge in [0.15, 0.2) is 0 Å². The molecule has 0 amide bonds. The van der Waals surface area contributed by atoms with Crippen molar-refractivity contribution in [3.05, 3.63) is 63.7 Å². The minimum atomic E-state index is -0.301. The first-order chi connectivity index (χ1) is 12.2. The molecule has 1 fully saturated rings. The molecular weight excluding hydrogens is 318 g/mol. The molecule has 2 aromatic carbocycles. The van der Waals surface area contributed by atoms with Gasteiger partial charge in [0.1, 0.15) is 5.69 Å². The van der Waals surface area contributed by atoms with Crippen LogP contribution < -0.4 is 10.2 Å². The molecule has 0 unspecified atom stereocenters. The van der Waals surface area contributed by atoms with Crippen LogP contribution in [-0.2, 0) is 17.7 Å². The van der Waals surface area contributed by atoms with E-state index in [0.29, 0.717) is 38.5 Å². The van der Waals surface area contributed by atoms with Crippen LogP contribution in [0.25, 0.3) is 0 Å². The quantitative estimate of drug-likeness (QED) is 0.642. The van der Waals surface area contributed by atoms with Crippen molar-refractivity contribution < 1.29 is 9.66 Å². The monoisotopic (exact) mass is 341 g/mol. The van der Waals surface area contributed by atoms with Crippen LogP contribution in [0, 0.1) is 10.1 Å². The largest absolute Gasteiger partial charge is 0.381 e. The minimum Gasteiger partial charge on any atom is -0.381 e. The average Bonchev–Trinajstić information content (AvgIpc) is 2.67. The fraction of sp³-hybridized carbons (Fsp3) is 0.368. The van der Waals surface area contributed by atoms with Crippen LogP contribution in [-0.4, -0.2) is 31.2 Å². The fourth-order valence-electron chi connectivity index (χ4n) is 2.96. The summed E-state index contributed by atoms with van der Waals surface area (Å²) in [6, 6.07) is 13.7. The molecule has 1 aliphatic rings. The third kappa shape index (κ3) is 4.28. The number of nitrogens with zero attached hydrogens (tertiary/aromatic N) is 2. The van der Waals surface area contributed by atoms with Gasteiger partial charge in [-0.3, -0.25) is 10.1 Å². The topological polar surface area (TPSA) is 67.6 Å². The lowest BCUT2D eigenvalue weighted by Crippen LogP contribution is -2.36. The van der Waals surface area contributed by atoms with Crippen molar-refractivity contribution in [1.82, 2.24) is 0 Å². The number of aryl methyl sites for hydroxylation is 1. The number of benzene rings is 2. The van der Waals surface area contributed by atoms with Gasteiger partial charge in [-0.25, -0.2) is 0 Å². The van der Waals surface area contributed by atoms with Crippen molar-refractivity contribution in [3.8, 4) is 0 Å². The Morgan fingerprint density at radius 1 is 1.12 bits per heavy atom. The fourth-order valence-corrected chi connectivity index (χ4v) is 2.96. The van der Waals surface area contributed by atoms with Gasteiger partial charge in [-0.1, -0.05) is 25.1 Å². The summed E-state index contributed by atoms with van der Waals surface area (Å²) < 4.78 is 5.33. The number of nitro groups is 1. The first-order valence-corrected chi connectivity index (χ1v) is 8.60. The van der Waals surface area contributed by atoms with Crippen molar-refractivity contribution in [2.45, 2.75) is 19.9 Å². The Labute approximate surface area is 147 Å². The zero-order valence-corrected chi connectivity index (χ0v) is 14.4. The van der Waals surface area contributed by atoms with Gasteiger partial charge in [-0.2, -0.15) is 0 Å². The van der Waals surface area contributed by atoms with Crippen molar-refractivity contribution in [2.75, 3.05) is 36.5 Å². The molecule has 0 aliphatic carbocycles. The first kappa shape index (κ1) is 17.2. The van der Waals surface area contributed by atoms with Crippen LogP contribution in [0.3, 0.4) is 0 Å². The molecule has 3 rings (SSSR count). The second kappa shape index (κ2) is 7.98. The molecule has 1 N–H and O–H groups in total. The van der Waals surface area contributed by atoms with Crippen molar-refractivity contribution in [2.24, 2.45) is 0 Å². The van der Waals surface area contributed by atoms with Gasteiger partial charge < -0.3 is 15.0 Å². The second-order valence-corrected chi connectivity index (χ2v) is 6.08. The molecule has 1 aliphatic heterocycles. The molecule has 132 valence electrons. The van der Waals surface area contributed by atoms with Crippen LogP contribution in [0.1, 0.15) is 18.1 Å². The number of hydrogen-bond acceptors (Lipinski definition) is 5. The number of morpholine rings is 1. The van der Waals surface area contributed by atoms with E-state index in [-0.39, 0.29) is 10.6 Å². The van der Waals surface area contributed by atoms with Crippen LogP contribution in [0.4, 0.5) is 17.1 Å². The summed E-state index contributed by atoms with van der Waals surface area (Å²) in [6.45, 7) is 5.25. The molecule has 6 heteroatoms. The molecule has 1 heterocycles. The van der Waals surface area contributed by atoms with Crippen LogP contribution >= 0.6 is 0 Å². The Kier molecular flexibility index (Phi) is 5.50. The summed E-state index contributed by atoms with van der Waals surface area (Å²) in [5.41, 5.74) is 4.02. The molecule has 6 nitrogen and oxygen atoms in total. The van der Waals surface area contributed by atoms with E-state index < -0.39 is 0 Å². The zero-order chi connectivity index (χ0) is 17.6. The Morgan fingerprint density at radius 3 is 2.44 bits per heavy atom. The maximum absolute atomic E-state index is 11.5. The molecule has 0 atom stereocenters. The lowest BCUT2D eigenvalue weighted by molar-refractivity contribution is -0.384. The Morgan fingerprint density at radius 2 is 1.80 bits per heavy atom. The maximum atomic E-state index is 11.5. The van der Waals surface area contributed by atoms with Crippen molar-refractivity contribution in [3.63, 3.8) is 0 Å². The van der Waals surface area contributed by atoms with Gasteiger partial charge in [0.2, 0.25) is 0 Å². The highest BCUT2D eigenvalue weighted by molar-refractivity contribution is 5.65. The Hall–Kier alpha value is -2.60. The van der Waals surface area contributed by atoms with Crippen molar-refractivity contribution in [1.29, 1.82) is 0 Å². The molecule has 1 saturated heterocycles. The van der Waals surface area contributed by atoms with E-state index in [1.54, 1.807) is 6.07 Å². The second-order valence-electron chi connectivity index (χ2n) is 6.08. The molecule has 2 aromatic rings. The highest BCUT2D eigenvalue weighted by Gasteiger charge is 2.21. The summed E-state index contributed by atoms with van der Waals surface area (Å²) >= 11 is 0. The smallest absolute Gasteiger partial charge is 0.292 e. The van der Waals surface area contributed by atoms with Crippen LogP contribution in [0.15, 0.2) is 42.5 Å². The molecule has 0 bridgehead atoms. The minimum absolute atomic E-state index is 0.155. The molecule has 0 radical (unpaired) electrons. The van der Waals surface area contributed by atoms with E-state index in [1.807, 2.05) is 29.2 Å². The molecule has 0 saturated carbocycles. The van der Waals surface area contributed by atoms with Gasteiger partial charge in [-0.15, -0.1) is 0 Å². The number of rotatable bonds is 6. The number of nitro benzene ring substituents is 1. The SMILES string of the molecule is CCc1ccc(NCc2ccc(N3CCOCC3)c([N+](=O)[O-])c2)cc1. The van der Waals surface area contributed by atoms with E-state index in [0.717, 1.165) is 17.7 Å². The Balaban J connectivity index is 1.73. The molecular formula is C19H23N3O3. The average molecular weight is 341 g/mol. The van der Waals surface area contributed by atoms with E-state index in [1.165, 1.54) is 5.56 Å². The predicted molar refractivity (Wildman–Crippen MR) is 99.3 cm³/mol. The highest BCUT2D eigenvalue weighted by atomic mass is 16.6. The Bertz CT molecular complexity index is 725. The van der Waals surface area contributed by atoms with Gasteiger partial charge in [-0.05, 0) is 35.7 Å². The summed E-state index contributed by atoms with van der Waals surface area (Å²) in [6.07, 6.45) is 1.01. The summed E-state index contributed by atoms with van der Waals surface area (Å²) in [7, 11) is 0. The molecule has 0 spiro atoms. The van der Waals surface area contributed by atoms with E-state index >= 15 is 0 Å². The van der Waals surface area contributed by atoms with Crippen molar-refractivity contribution >= 4 is 17.1 Å². The molecule has 25 heavy (non-hydrogen) atoms. The highest BCUT2D eigenvalue weighted by Crippen LogP contribution is 2.30. The first-order valence-electron chi connectivity index (χ1n) is 8.60. The van der Waals surface area contributed by atoms with Crippen LogP contribution in [0.5, 0.6) is 0 Å². The standard InChI is InChI=1S/C19H23N3O3/c1-2-15-3-6-17(7-4-15)20-14-16-5-8-18(19(13-16)22(23)24)21-9-11-25-12-10-21/h3-8,13,20H,2,9-12,14H2,1H3. The third-order valence-electron chi connectivity index (χ3n) is 4.45. The van der Waals surface area contributed by atoms with E-state index in [4.69, 9.17) is 4.74 Å². The summed E-state index contributed by atoms with van der Waals surface area (Å²) in [5, 5.41) is 14.8. The van der Waals surface area contributed by atoms with Gasteiger partial charge in [0.05, 0.1) is 18.1 Å². The normalized spacial score (nSPS) is 14.4. The predicted octanol–water partition coefficient (Wildman–Crippen LogP) is 3.61. The summed E-state index contributed by atoms with van der Waals surface area (Å²) in [5.74, 6) is 0. The number of nitrogens with one attached hydrogen (secondary N) is 1.